The first-order valence-electron chi connectivity index (χ1n) is 4.79. The highest BCUT2D eigenvalue weighted by molar-refractivity contribution is 6.52. The van der Waals surface area contributed by atoms with Gasteiger partial charge < -0.3 is 10.0 Å². The second-order valence-corrected chi connectivity index (χ2v) is 3.42. The van der Waals surface area contributed by atoms with Crippen LogP contribution in [0, 0.1) is 0 Å². The van der Waals surface area contributed by atoms with Crippen molar-refractivity contribution in [1.82, 2.24) is 0 Å². The molecule has 5 nitrogen and oxygen atoms in total. The van der Waals surface area contributed by atoms with Gasteiger partial charge in [0, 0.05) is 6.54 Å². The van der Waals surface area contributed by atoms with Gasteiger partial charge in [-0.05, 0) is 25.1 Å². The van der Waals surface area contributed by atoms with E-state index >= 15 is 0 Å². The molecular formula is C11H9NO4. The van der Waals surface area contributed by atoms with Gasteiger partial charge in [0.2, 0.25) is 0 Å². The molecule has 0 radical (unpaired) electrons. The average molecular weight is 219 g/mol. The number of carbonyl (C=O) groups is 3. The molecule has 2 rings (SSSR count). The van der Waals surface area contributed by atoms with Crippen molar-refractivity contribution < 1.29 is 19.5 Å². The standard InChI is InChI=1S/C11H9NO4/c1-2-12-8-4-3-6(11(15)16)5-7(8)9(13)10(12)14/h3-5H,2H2,1H3,(H,15,16). The van der Waals surface area contributed by atoms with Crippen molar-refractivity contribution in [3.8, 4) is 0 Å². The number of carbonyl (C=O) groups excluding carboxylic acids is 2. The second kappa shape index (κ2) is 3.44. The molecular weight excluding hydrogens is 210 g/mol. The van der Waals surface area contributed by atoms with Crippen molar-refractivity contribution >= 4 is 23.3 Å². The van der Waals surface area contributed by atoms with Crippen molar-refractivity contribution in [2.45, 2.75) is 6.92 Å². The van der Waals surface area contributed by atoms with Crippen LogP contribution in [0.5, 0.6) is 0 Å². The molecule has 16 heavy (non-hydrogen) atoms. The molecule has 0 aromatic heterocycles. The third kappa shape index (κ3) is 1.29. The summed E-state index contributed by atoms with van der Waals surface area (Å²) in [5.74, 6) is -2.35. The van der Waals surface area contributed by atoms with Gasteiger partial charge in [0.25, 0.3) is 11.7 Å². The quantitative estimate of drug-likeness (QED) is 0.751. The lowest BCUT2D eigenvalue weighted by Crippen LogP contribution is -2.29. The number of carboxylic acid groups (broad SMARTS) is 1. The smallest absolute Gasteiger partial charge is 0.335 e. The van der Waals surface area contributed by atoms with Gasteiger partial charge in [-0.2, -0.15) is 0 Å². The molecule has 0 fully saturated rings. The summed E-state index contributed by atoms with van der Waals surface area (Å²) in [6.45, 7) is 2.15. The van der Waals surface area contributed by atoms with E-state index in [-0.39, 0.29) is 11.1 Å². The molecule has 0 unspecified atom stereocenters. The van der Waals surface area contributed by atoms with Crippen LogP contribution < -0.4 is 4.90 Å². The first kappa shape index (κ1) is 10.4. The molecule has 1 aliphatic rings. The van der Waals surface area contributed by atoms with Crippen molar-refractivity contribution in [3.05, 3.63) is 29.3 Å². The average Bonchev–Trinajstić information content (AvgIpc) is 2.51. The van der Waals surface area contributed by atoms with Crippen molar-refractivity contribution in [2.24, 2.45) is 0 Å². The van der Waals surface area contributed by atoms with E-state index in [1.807, 2.05) is 0 Å². The Morgan fingerprint density at radius 3 is 2.62 bits per heavy atom. The maximum Gasteiger partial charge on any atom is 0.335 e. The zero-order valence-corrected chi connectivity index (χ0v) is 8.56. The first-order chi connectivity index (χ1) is 7.56. The van der Waals surface area contributed by atoms with E-state index in [9.17, 15) is 14.4 Å². The van der Waals surface area contributed by atoms with Gasteiger partial charge in [0.15, 0.2) is 0 Å². The van der Waals surface area contributed by atoms with Gasteiger partial charge in [-0.15, -0.1) is 0 Å². The number of amides is 1. The van der Waals surface area contributed by atoms with Crippen LogP contribution in [0.25, 0.3) is 0 Å². The van der Waals surface area contributed by atoms with Gasteiger partial charge >= 0.3 is 5.97 Å². The highest BCUT2D eigenvalue weighted by Crippen LogP contribution is 2.29. The van der Waals surface area contributed by atoms with Crippen LogP contribution >= 0.6 is 0 Å². The van der Waals surface area contributed by atoms with Gasteiger partial charge in [-0.3, -0.25) is 9.59 Å². The number of hydrogen-bond donors (Lipinski definition) is 1. The number of benzene rings is 1. The van der Waals surface area contributed by atoms with E-state index in [4.69, 9.17) is 5.11 Å². The topological polar surface area (TPSA) is 74.7 Å². The fourth-order valence-corrected chi connectivity index (χ4v) is 1.75. The second-order valence-electron chi connectivity index (χ2n) is 3.42. The fraction of sp³-hybridized carbons (Fsp3) is 0.182. The summed E-state index contributed by atoms with van der Waals surface area (Å²) in [4.78, 5) is 35.1. The minimum Gasteiger partial charge on any atom is -0.478 e. The predicted octanol–water partition coefficient (Wildman–Crippen LogP) is 0.934. The summed E-state index contributed by atoms with van der Waals surface area (Å²) in [7, 11) is 0. The third-order valence-corrected chi connectivity index (χ3v) is 2.53. The summed E-state index contributed by atoms with van der Waals surface area (Å²) in [6.07, 6.45) is 0. The van der Waals surface area contributed by atoms with Crippen LogP contribution in [-0.4, -0.2) is 29.3 Å². The summed E-state index contributed by atoms with van der Waals surface area (Å²) < 4.78 is 0. The molecule has 1 aromatic rings. The van der Waals surface area contributed by atoms with Crippen molar-refractivity contribution in [2.75, 3.05) is 11.4 Å². The minimum atomic E-state index is -1.11. The molecule has 1 amide bonds. The van der Waals surface area contributed by atoms with E-state index in [0.29, 0.717) is 12.2 Å². The fourth-order valence-electron chi connectivity index (χ4n) is 1.75. The monoisotopic (exact) mass is 219 g/mol. The lowest BCUT2D eigenvalue weighted by molar-refractivity contribution is -0.114. The molecule has 5 heteroatoms. The molecule has 82 valence electrons. The van der Waals surface area contributed by atoms with E-state index in [2.05, 4.69) is 0 Å². The van der Waals surface area contributed by atoms with Crippen LogP contribution in [0.1, 0.15) is 27.6 Å². The number of aromatic carboxylic acids is 1. The normalized spacial score (nSPS) is 14.2. The number of carboxylic acids is 1. The van der Waals surface area contributed by atoms with Crippen LogP contribution in [0.2, 0.25) is 0 Å². The van der Waals surface area contributed by atoms with Crippen LogP contribution in [0.15, 0.2) is 18.2 Å². The molecule has 0 spiro atoms. The van der Waals surface area contributed by atoms with Crippen LogP contribution in [-0.2, 0) is 4.79 Å². The molecule has 0 bridgehead atoms. The lowest BCUT2D eigenvalue weighted by atomic mass is 10.1. The Labute approximate surface area is 91.3 Å². The number of Topliss-reactive ketones (excluding diaryl/α,β-unsaturated/α-hetero) is 1. The Bertz CT molecular complexity index is 507. The van der Waals surface area contributed by atoms with E-state index in [1.165, 1.54) is 23.1 Å². The van der Waals surface area contributed by atoms with E-state index in [0.717, 1.165) is 0 Å². The van der Waals surface area contributed by atoms with Crippen molar-refractivity contribution in [3.63, 3.8) is 0 Å². The van der Waals surface area contributed by atoms with Crippen LogP contribution in [0.3, 0.4) is 0 Å². The highest BCUT2D eigenvalue weighted by atomic mass is 16.4. The van der Waals surface area contributed by atoms with Gasteiger partial charge in [-0.25, -0.2) is 4.79 Å². The van der Waals surface area contributed by atoms with Gasteiger partial charge in [-0.1, -0.05) is 0 Å². The van der Waals surface area contributed by atoms with Gasteiger partial charge in [0.1, 0.15) is 0 Å². The van der Waals surface area contributed by atoms with E-state index < -0.39 is 17.7 Å². The summed E-state index contributed by atoms with van der Waals surface area (Å²) in [5, 5.41) is 8.78. The summed E-state index contributed by atoms with van der Waals surface area (Å²) in [5.41, 5.74) is 0.673. The molecule has 1 aromatic carbocycles. The molecule has 1 heterocycles. The molecule has 0 atom stereocenters. The number of likely N-dealkylation sites (N-methyl/N-ethyl adjacent to an activating group) is 1. The molecule has 0 aliphatic carbocycles. The molecule has 1 aliphatic heterocycles. The predicted molar refractivity (Wildman–Crippen MR) is 55.8 cm³/mol. The minimum absolute atomic E-state index is 0.0119. The largest absolute Gasteiger partial charge is 0.478 e. The Morgan fingerprint density at radius 1 is 1.38 bits per heavy atom. The summed E-state index contributed by atoms with van der Waals surface area (Å²) >= 11 is 0. The number of rotatable bonds is 2. The number of fused-ring (bicyclic) bond motifs is 1. The maximum absolute atomic E-state index is 11.6. The Hall–Kier alpha value is -2.17. The zero-order chi connectivity index (χ0) is 11.9. The number of anilines is 1. The Morgan fingerprint density at radius 2 is 2.06 bits per heavy atom. The Kier molecular flexibility index (Phi) is 2.23. The Balaban J connectivity index is 2.58. The molecule has 0 saturated heterocycles. The van der Waals surface area contributed by atoms with Crippen LogP contribution in [0.4, 0.5) is 5.69 Å². The first-order valence-corrected chi connectivity index (χ1v) is 4.79. The molecule has 0 saturated carbocycles. The zero-order valence-electron chi connectivity index (χ0n) is 8.56. The lowest BCUT2D eigenvalue weighted by Gasteiger charge is -2.12. The number of ketones is 1. The maximum atomic E-state index is 11.6. The molecule has 1 N–H and O–H groups in total. The van der Waals surface area contributed by atoms with Crippen molar-refractivity contribution in [1.29, 1.82) is 0 Å². The SMILES string of the molecule is CCN1C(=O)C(=O)c2cc(C(=O)O)ccc21. The number of hydrogen-bond acceptors (Lipinski definition) is 3. The van der Waals surface area contributed by atoms with Gasteiger partial charge in [0.05, 0.1) is 16.8 Å². The third-order valence-electron chi connectivity index (χ3n) is 2.53. The highest BCUT2D eigenvalue weighted by Gasteiger charge is 2.35. The summed E-state index contributed by atoms with van der Waals surface area (Å²) in [6, 6.07) is 4.12. The number of nitrogens with zero attached hydrogens (tertiary/aromatic N) is 1. The van der Waals surface area contributed by atoms with E-state index in [1.54, 1.807) is 6.92 Å².